The Hall–Kier alpha value is -2.77. The topological polar surface area (TPSA) is 69.9 Å². The summed E-state index contributed by atoms with van der Waals surface area (Å²) in [5.74, 6) is 0.395. The van der Waals surface area contributed by atoms with E-state index in [1.54, 1.807) is 18.4 Å². The van der Waals surface area contributed by atoms with Crippen molar-refractivity contribution < 1.29 is 14.3 Å². The number of hydrogen-bond acceptors (Lipinski definition) is 6. The highest BCUT2D eigenvalue weighted by Gasteiger charge is 2.33. The second kappa shape index (κ2) is 12.2. The molecule has 0 aliphatic carbocycles. The van der Waals surface area contributed by atoms with Gasteiger partial charge in [0.2, 0.25) is 0 Å². The van der Waals surface area contributed by atoms with Gasteiger partial charge < -0.3 is 9.47 Å². The van der Waals surface area contributed by atoms with Crippen LogP contribution in [0.15, 0.2) is 93.9 Å². The van der Waals surface area contributed by atoms with Crippen LogP contribution in [0, 0.1) is 7.14 Å². The molecule has 1 aliphatic heterocycles. The second-order valence-corrected chi connectivity index (χ2v) is 12.2. The molecule has 1 aromatic heterocycles. The van der Waals surface area contributed by atoms with Crippen molar-refractivity contribution >= 4 is 68.6 Å². The summed E-state index contributed by atoms with van der Waals surface area (Å²) in [4.78, 5) is 31.8. The first kappa shape index (κ1) is 27.8. The number of rotatable bonds is 7. The van der Waals surface area contributed by atoms with Gasteiger partial charge in [-0.05, 0) is 100.0 Å². The Kier molecular flexibility index (Phi) is 8.67. The number of carbonyl (C=O) groups is 1. The van der Waals surface area contributed by atoms with Crippen LogP contribution in [-0.2, 0) is 16.1 Å². The van der Waals surface area contributed by atoms with Gasteiger partial charge in [0.25, 0.3) is 5.56 Å². The first-order valence-electron chi connectivity index (χ1n) is 12.3. The lowest BCUT2D eigenvalue weighted by Crippen LogP contribution is -2.39. The Morgan fingerprint density at radius 3 is 2.51 bits per heavy atom. The summed E-state index contributed by atoms with van der Waals surface area (Å²) >= 11 is 5.88. The number of hydrogen-bond donors (Lipinski definition) is 0. The van der Waals surface area contributed by atoms with E-state index in [1.807, 2.05) is 72.8 Å². The van der Waals surface area contributed by atoms with E-state index in [0.717, 1.165) is 26.0 Å². The molecule has 0 radical (unpaired) electrons. The Morgan fingerprint density at radius 1 is 1.08 bits per heavy atom. The summed E-state index contributed by atoms with van der Waals surface area (Å²) in [7, 11) is 0. The van der Waals surface area contributed by atoms with E-state index in [9.17, 15) is 9.59 Å². The van der Waals surface area contributed by atoms with E-state index >= 15 is 0 Å². The number of nitrogens with zero attached hydrogens (tertiary/aromatic N) is 2. The number of ether oxygens (including phenoxy) is 2. The maximum atomic E-state index is 13.7. The second-order valence-electron chi connectivity index (χ2n) is 8.82. The molecule has 0 spiro atoms. The fourth-order valence-electron chi connectivity index (χ4n) is 4.36. The standard InChI is InChI=1S/C30H24I2N2O4S/c1-3-37-29(36)26-18(2)33-30-34(27(26)21-7-5-4-6-8-21)28(35)25(39-30)15-19-9-11-20(12-10-19)17-38-24-14-13-22(31)16-23(24)32/h4-16,27H,3,17H2,1-2H3/b25-15-/t27-/m1/s1. The molecular weight excluding hydrogens is 738 g/mol. The molecule has 0 unspecified atom stereocenters. The van der Waals surface area contributed by atoms with Crippen molar-refractivity contribution in [3.63, 3.8) is 0 Å². The molecule has 9 heteroatoms. The van der Waals surface area contributed by atoms with E-state index in [-0.39, 0.29) is 12.2 Å². The number of thiazole rings is 1. The highest BCUT2D eigenvalue weighted by Crippen LogP contribution is 2.30. The predicted octanol–water partition coefficient (Wildman–Crippen LogP) is 5.59. The van der Waals surface area contributed by atoms with Crippen molar-refractivity contribution in [2.45, 2.75) is 26.5 Å². The summed E-state index contributed by atoms with van der Waals surface area (Å²) in [6.07, 6.45) is 1.86. The van der Waals surface area contributed by atoms with Gasteiger partial charge >= 0.3 is 5.97 Å². The molecule has 0 fully saturated rings. The van der Waals surface area contributed by atoms with Crippen LogP contribution in [0.5, 0.6) is 5.75 Å². The van der Waals surface area contributed by atoms with Crippen LogP contribution in [0.1, 0.15) is 36.6 Å². The molecule has 2 heterocycles. The number of allylic oxidation sites excluding steroid dienone is 1. The van der Waals surface area contributed by atoms with Gasteiger partial charge in [-0.25, -0.2) is 9.79 Å². The molecular formula is C30H24I2N2O4S. The van der Waals surface area contributed by atoms with Gasteiger partial charge in [0.05, 0.1) is 32.0 Å². The van der Waals surface area contributed by atoms with Crippen molar-refractivity contribution in [1.82, 2.24) is 4.57 Å². The normalized spacial score (nSPS) is 15.1. The first-order valence-corrected chi connectivity index (χ1v) is 15.2. The van der Waals surface area contributed by atoms with E-state index in [0.29, 0.717) is 27.2 Å². The summed E-state index contributed by atoms with van der Waals surface area (Å²) in [6, 6.07) is 22.9. The first-order chi connectivity index (χ1) is 18.9. The molecule has 0 saturated carbocycles. The lowest BCUT2D eigenvalue weighted by molar-refractivity contribution is -0.139. The lowest BCUT2D eigenvalue weighted by atomic mass is 9.96. The minimum Gasteiger partial charge on any atom is -0.488 e. The molecule has 0 saturated heterocycles. The zero-order chi connectivity index (χ0) is 27.5. The van der Waals surface area contributed by atoms with E-state index in [1.165, 1.54) is 14.9 Å². The van der Waals surface area contributed by atoms with Gasteiger partial charge in [-0.2, -0.15) is 0 Å². The molecule has 39 heavy (non-hydrogen) atoms. The van der Waals surface area contributed by atoms with Crippen LogP contribution in [0.3, 0.4) is 0 Å². The van der Waals surface area contributed by atoms with Crippen LogP contribution in [0.2, 0.25) is 0 Å². The molecule has 198 valence electrons. The van der Waals surface area contributed by atoms with Gasteiger partial charge in [0.1, 0.15) is 12.4 Å². The summed E-state index contributed by atoms with van der Waals surface area (Å²) in [5.41, 5.74) is 3.50. The van der Waals surface area contributed by atoms with Gasteiger partial charge in [-0.15, -0.1) is 0 Å². The van der Waals surface area contributed by atoms with Crippen molar-refractivity contribution in [3.05, 3.63) is 128 Å². The maximum absolute atomic E-state index is 13.7. The smallest absolute Gasteiger partial charge is 0.338 e. The molecule has 5 rings (SSSR count). The number of aromatic nitrogens is 1. The van der Waals surface area contributed by atoms with Crippen LogP contribution >= 0.6 is 56.5 Å². The quantitative estimate of drug-likeness (QED) is 0.182. The third kappa shape index (κ3) is 6.04. The van der Waals surface area contributed by atoms with Crippen molar-refractivity contribution in [2.24, 2.45) is 4.99 Å². The SMILES string of the molecule is CCOC(=O)C1=C(C)N=c2s/c(=C\c3ccc(COc4ccc(I)cc4I)cc3)c(=O)n2[C@@H]1c1ccccc1. The summed E-state index contributed by atoms with van der Waals surface area (Å²) < 4.78 is 15.7. The Labute approximate surface area is 257 Å². The van der Waals surface area contributed by atoms with E-state index in [2.05, 4.69) is 56.2 Å². The van der Waals surface area contributed by atoms with Crippen LogP contribution in [0.25, 0.3) is 6.08 Å². The van der Waals surface area contributed by atoms with Crippen molar-refractivity contribution in [3.8, 4) is 5.75 Å². The fourth-order valence-corrected chi connectivity index (χ4v) is 7.16. The van der Waals surface area contributed by atoms with E-state index < -0.39 is 12.0 Å². The minimum atomic E-state index is -0.604. The van der Waals surface area contributed by atoms with E-state index in [4.69, 9.17) is 9.47 Å². The maximum Gasteiger partial charge on any atom is 0.338 e. The van der Waals surface area contributed by atoms with Gasteiger partial charge in [0, 0.05) is 3.57 Å². The predicted molar refractivity (Wildman–Crippen MR) is 169 cm³/mol. The van der Waals surface area contributed by atoms with Crippen LogP contribution in [0.4, 0.5) is 0 Å². The Morgan fingerprint density at radius 2 is 1.82 bits per heavy atom. The molecule has 0 amide bonds. The number of fused-ring (bicyclic) bond motifs is 1. The molecule has 0 bridgehead atoms. The molecule has 1 aliphatic rings. The molecule has 6 nitrogen and oxygen atoms in total. The van der Waals surface area contributed by atoms with Gasteiger partial charge in [-0.1, -0.05) is 65.9 Å². The zero-order valence-corrected chi connectivity index (χ0v) is 26.3. The van der Waals surface area contributed by atoms with Gasteiger partial charge in [-0.3, -0.25) is 9.36 Å². The number of halogens is 2. The highest BCUT2D eigenvalue weighted by molar-refractivity contribution is 14.1. The summed E-state index contributed by atoms with van der Waals surface area (Å²) in [5, 5.41) is 0. The molecule has 0 N–H and O–H groups in total. The third-order valence-electron chi connectivity index (χ3n) is 6.20. The average Bonchev–Trinajstić information content (AvgIpc) is 3.22. The van der Waals surface area contributed by atoms with Crippen molar-refractivity contribution in [2.75, 3.05) is 6.61 Å². The van der Waals surface area contributed by atoms with Crippen LogP contribution < -0.4 is 19.6 Å². The highest BCUT2D eigenvalue weighted by atomic mass is 127. The Bertz CT molecular complexity index is 1740. The fraction of sp³-hybridized carbons (Fsp3) is 0.167. The average molecular weight is 762 g/mol. The molecule has 1 atom stereocenters. The van der Waals surface area contributed by atoms with Crippen LogP contribution in [-0.4, -0.2) is 17.1 Å². The van der Waals surface area contributed by atoms with Crippen molar-refractivity contribution in [1.29, 1.82) is 0 Å². The van der Waals surface area contributed by atoms with Gasteiger partial charge in [0.15, 0.2) is 4.80 Å². The molecule has 3 aromatic carbocycles. The lowest BCUT2D eigenvalue weighted by Gasteiger charge is -2.24. The Balaban J connectivity index is 1.47. The third-order valence-corrected chi connectivity index (χ3v) is 8.70. The zero-order valence-electron chi connectivity index (χ0n) is 21.2. The molecule has 4 aromatic rings. The minimum absolute atomic E-state index is 0.192. The number of benzene rings is 3. The number of carbonyl (C=O) groups excluding carboxylic acids is 1. The monoisotopic (exact) mass is 762 g/mol. The summed E-state index contributed by atoms with van der Waals surface area (Å²) in [6.45, 7) is 4.25. The largest absolute Gasteiger partial charge is 0.488 e. The number of esters is 1.